The summed E-state index contributed by atoms with van der Waals surface area (Å²) in [7, 11) is 0. The highest BCUT2D eigenvalue weighted by Crippen LogP contribution is 2.33. The van der Waals surface area contributed by atoms with Crippen LogP contribution in [0.25, 0.3) is 15.4 Å². The number of aromatic nitrogens is 3. The fourth-order valence-corrected chi connectivity index (χ4v) is 2.69. The summed E-state index contributed by atoms with van der Waals surface area (Å²) in [6, 6.07) is 0. The van der Waals surface area contributed by atoms with Crippen LogP contribution in [0.1, 0.15) is 16.2 Å². The molecular weight excluding hydrogens is 242 g/mol. The van der Waals surface area contributed by atoms with E-state index in [2.05, 4.69) is 10.1 Å². The highest BCUT2D eigenvalue weighted by atomic mass is 32.1. The fourth-order valence-electron chi connectivity index (χ4n) is 1.65. The van der Waals surface area contributed by atoms with Gasteiger partial charge in [0.1, 0.15) is 0 Å². The van der Waals surface area contributed by atoms with Crippen LogP contribution in [0.5, 0.6) is 0 Å². The SMILES string of the molecule is Cc1noc(C(=O)O)c1-c1cn2ccnc2s1. The van der Waals surface area contributed by atoms with Crippen molar-refractivity contribution in [2.24, 2.45) is 0 Å². The number of carboxylic acid groups (broad SMARTS) is 1. The van der Waals surface area contributed by atoms with Crippen molar-refractivity contribution in [1.29, 1.82) is 0 Å². The number of hydrogen-bond acceptors (Lipinski definition) is 5. The number of thiazole rings is 1. The van der Waals surface area contributed by atoms with Gasteiger partial charge in [0.2, 0.25) is 0 Å². The third-order valence-corrected chi connectivity index (χ3v) is 3.42. The molecule has 0 fully saturated rings. The summed E-state index contributed by atoms with van der Waals surface area (Å²) in [6.07, 6.45) is 5.31. The van der Waals surface area contributed by atoms with E-state index in [1.165, 1.54) is 11.3 Å². The minimum absolute atomic E-state index is 0.132. The highest BCUT2D eigenvalue weighted by Gasteiger charge is 2.22. The Hall–Kier alpha value is -2.15. The predicted molar refractivity (Wildman–Crippen MR) is 60.3 cm³/mol. The molecule has 6 nitrogen and oxygen atoms in total. The Morgan fingerprint density at radius 3 is 3.12 bits per heavy atom. The molecule has 3 aromatic rings. The molecule has 0 spiro atoms. The van der Waals surface area contributed by atoms with Crippen molar-refractivity contribution in [3.05, 3.63) is 30.0 Å². The lowest BCUT2D eigenvalue weighted by Gasteiger charge is -1.93. The Morgan fingerprint density at radius 1 is 1.59 bits per heavy atom. The van der Waals surface area contributed by atoms with Crippen LogP contribution in [0.4, 0.5) is 0 Å². The van der Waals surface area contributed by atoms with Gasteiger partial charge in [0.25, 0.3) is 5.76 Å². The lowest BCUT2D eigenvalue weighted by atomic mass is 10.2. The van der Waals surface area contributed by atoms with Gasteiger partial charge in [0, 0.05) is 18.6 Å². The molecule has 3 rings (SSSR count). The normalized spacial score (nSPS) is 11.1. The van der Waals surface area contributed by atoms with Gasteiger partial charge in [-0.05, 0) is 6.92 Å². The first-order valence-corrected chi connectivity index (χ1v) is 5.61. The van der Waals surface area contributed by atoms with Crippen LogP contribution < -0.4 is 0 Å². The zero-order chi connectivity index (χ0) is 12.0. The number of carboxylic acids is 1. The Bertz CT molecular complexity index is 681. The second-order valence-electron chi connectivity index (χ2n) is 3.49. The number of aromatic carboxylic acids is 1. The van der Waals surface area contributed by atoms with Crippen LogP contribution in [0.15, 0.2) is 23.1 Å². The zero-order valence-corrected chi connectivity index (χ0v) is 9.56. The first-order valence-electron chi connectivity index (χ1n) is 4.79. The van der Waals surface area contributed by atoms with E-state index < -0.39 is 5.97 Å². The fraction of sp³-hybridized carbons (Fsp3) is 0.100. The maximum atomic E-state index is 11.0. The quantitative estimate of drug-likeness (QED) is 0.751. The molecule has 7 heteroatoms. The molecule has 0 radical (unpaired) electrons. The first kappa shape index (κ1) is 10.0. The van der Waals surface area contributed by atoms with Crippen LogP contribution in [0, 0.1) is 6.92 Å². The summed E-state index contributed by atoms with van der Waals surface area (Å²) in [5.41, 5.74) is 1.08. The van der Waals surface area contributed by atoms with Gasteiger partial charge in [0.15, 0.2) is 4.96 Å². The largest absolute Gasteiger partial charge is 0.475 e. The van der Waals surface area contributed by atoms with Gasteiger partial charge in [-0.25, -0.2) is 9.78 Å². The van der Waals surface area contributed by atoms with E-state index in [0.29, 0.717) is 11.3 Å². The average Bonchev–Trinajstić information content (AvgIpc) is 2.88. The van der Waals surface area contributed by atoms with Gasteiger partial charge in [-0.2, -0.15) is 0 Å². The molecule has 1 N–H and O–H groups in total. The minimum Gasteiger partial charge on any atom is -0.475 e. The molecule has 17 heavy (non-hydrogen) atoms. The standard InChI is InChI=1S/C10H7N3O3S/c1-5-7(8(9(14)15)16-12-5)6-4-13-3-2-11-10(13)17-6/h2-4H,1H3,(H,14,15). The summed E-state index contributed by atoms with van der Waals surface area (Å²) in [6.45, 7) is 1.72. The molecule has 0 bridgehead atoms. The molecule has 3 aromatic heterocycles. The van der Waals surface area contributed by atoms with Crippen LogP contribution in [0.3, 0.4) is 0 Å². The first-order chi connectivity index (χ1) is 8.16. The van der Waals surface area contributed by atoms with Crippen LogP contribution in [-0.2, 0) is 0 Å². The van der Waals surface area contributed by atoms with E-state index in [4.69, 9.17) is 9.63 Å². The van der Waals surface area contributed by atoms with E-state index >= 15 is 0 Å². The molecule has 0 aliphatic heterocycles. The summed E-state index contributed by atoms with van der Waals surface area (Å²) in [4.78, 5) is 16.7. The van der Waals surface area contributed by atoms with E-state index in [1.807, 2.05) is 10.6 Å². The van der Waals surface area contributed by atoms with E-state index in [9.17, 15) is 4.79 Å². The lowest BCUT2D eigenvalue weighted by molar-refractivity contribution is 0.0653. The van der Waals surface area contributed by atoms with Gasteiger partial charge < -0.3 is 9.63 Å². The molecule has 86 valence electrons. The van der Waals surface area contributed by atoms with E-state index in [-0.39, 0.29) is 5.76 Å². The van der Waals surface area contributed by atoms with E-state index in [1.54, 1.807) is 19.3 Å². The lowest BCUT2D eigenvalue weighted by Crippen LogP contribution is -1.95. The molecule has 3 heterocycles. The Balaban J connectivity index is 2.24. The van der Waals surface area contributed by atoms with Gasteiger partial charge in [0.05, 0.1) is 16.1 Å². The molecule has 0 aliphatic rings. The van der Waals surface area contributed by atoms with Crippen molar-refractivity contribution in [3.8, 4) is 10.4 Å². The number of fused-ring (bicyclic) bond motifs is 1. The molecule has 0 unspecified atom stereocenters. The van der Waals surface area contributed by atoms with Crippen molar-refractivity contribution in [1.82, 2.24) is 14.5 Å². The molecule has 0 saturated carbocycles. The Labute approximate surface area is 99.1 Å². The number of hydrogen-bond donors (Lipinski definition) is 1. The Kier molecular flexibility index (Phi) is 2.02. The Morgan fingerprint density at radius 2 is 2.41 bits per heavy atom. The van der Waals surface area contributed by atoms with Gasteiger partial charge in [-0.3, -0.25) is 4.40 Å². The third-order valence-electron chi connectivity index (χ3n) is 2.39. The monoisotopic (exact) mass is 249 g/mol. The molecule has 0 amide bonds. The topological polar surface area (TPSA) is 80.6 Å². The maximum Gasteiger partial charge on any atom is 0.375 e. The maximum absolute atomic E-state index is 11.0. The second kappa shape index (κ2) is 3.42. The van der Waals surface area contributed by atoms with Crippen LogP contribution in [0.2, 0.25) is 0 Å². The number of aryl methyl sites for hydroxylation is 1. The van der Waals surface area contributed by atoms with Crippen LogP contribution in [-0.4, -0.2) is 25.6 Å². The summed E-state index contributed by atoms with van der Waals surface area (Å²) < 4.78 is 6.64. The van der Waals surface area contributed by atoms with Crippen molar-refractivity contribution < 1.29 is 14.4 Å². The highest BCUT2D eigenvalue weighted by molar-refractivity contribution is 7.20. The minimum atomic E-state index is -1.12. The molecular formula is C10H7N3O3S. The number of carbonyl (C=O) groups is 1. The van der Waals surface area contributed by atoms with Crippen molar-refractivity contribution >= 4 is 22.3 Å². The smallest absolute Gasteiger partial charge is 0.375 e. The molecule has 0 aromatic carbocycles. The van der Waals surface area contributed by atoms with Crippen molar-refractivity contribution in [2.75, 3.05) is 0 Å². The zero-order valence-electron chi connectivity index (χ0n) is 8.75. The number of rotatable bonds is 2. The number of imidazole rings is 1. The molecule has 0 aliphatic carbocycles. The number of nitrogens with zero attached hydrogens (tertiary/aromatic N) is 3. The van der Waals surface area contributed by atoms with E-state index in [0.717, 1.165) is 9.84 Å². The summed E-state index contributed by atoms with van der Waals surface area (Å²) in [5, 5.41) is 12.7. The second-order valence-corrected chi connectivity index (χ2v) is 4.50. The van der Waals surface area contributed by atoms with Crippen molar-refractivity contribution in [3.63, 3.8) is 0 Å². The predicted octanol–water partition coefficient (Wildman–Crippen LogP) is 2.06. The van der Waals surface area contributed by atoms with Crippen molar-refractivity contribution in [2.45, 2.75) is 6.92 Å². The van der Waals surface area contributed by atoms with Gasteiger partial charge in [-0.1, -0.05) is 16.5 Å². The molecule has 0 atom stereocenters. The van der Waals surface area contributed by atoms with Crippen LogP contribution >= 0.6 is 11.3 Å². The summed E-state index contributed by atoms with van der Waals surface area (Å²) >= 11 is 1.40. The molecule has 0 saturated heterocycles. The van der Waals surface area contributed by atoms with Gasteiger partial charge in [-0.15, -0.1) is 0 Å². The third kappa shape index (κ3) is 1.43. The average molecular weight is 249 g/mol. The summed E-state index contributed by atoms with van der Waals surface area (Å²) in [5.74, 6) is -1.25. The van der Waals surface area contributed by atoms with Gasteiger partial charge >= 0.3 is 5.97 Å².